The first kappa shape index (κ1) is 24.6. The summed E-state index contributed by atoms with van der Waals surface area (Å²) in [6.45, 7) is 2.02. The summed E-state index contributed by atoms with van der Waals surface area (Å²) in [5.74, 6) is 0.964. The molecule has 35 heavy (non-hydrogen) atoms. The van der Waals surface area contributed by atoms with Crippen LogP contribution in [-0.4, -0.2) is 36.2 Å². The summed E-state index contributed by atoms with van der Waals surface area (Å²) in [5.41, 5.74) is 2.53. The maximum atomic E-state index is 12.8. The van der Waals surface area contributed by atoms with E-state index in [1.165, 1.54) is 11.9 Å². The van der Waals surface area contributed by atoms with Crippen molar-refractivity contribution in [1.82, 2.24) is 9.88 Å². The Hall–Kier alpha value is -3.55. The SMILES string of the molecule is Cc1ccc(Oc2nccc3c(SN=CN(C)C)cc(NC(=O)Cc4ccccc4Cl)cc23)cc1. The first-order chi connectivity index (χ1) is 16.9. The zero-order valence-electron chi connectivity index (χ0n) is 19.7. The van der Waals surface area contributed by atoms with E-state index < -0.39 is 0 Å². The molecule has 0 unspecified atom stereocenters. The van der Waals surface area contributed by atoms with Crippen LogP contribution in [0.4, 0.5) is 5.69 Å². The van der Waals surface area contributed by atoms with Crippen LogP contribution in [0.5, 0.6) is 11.6 Å². The van der Waals surface area contributed by atoms with Gasteiger partial charge in [-0.3, -0.25) is 4.79 Å². The Labute approximate surface area is 214 Å². The number of aromatic nitrogens is 1. The van der Waals surface area contributed by atoms with Crippen molar-refractivity contribution in [2.45, 2.75) is 18.2 Å². The Bertz CT molecular complexity index is 1370. The Morgan fingerprint density at radius 1 is 1.11 bits per heavy atom. The Morgan fingerprint density at radius 3 is 2.63 bits per heavy atom. The van der Waals surface area contributed by atoms with Gasteiger partial charge in [0.15, 0.2) is 0 Å². The normalized spacial score (nSPS) is 11.1. The van der Waals surface area contributed by atoms with Crippen LogP contribution >= 0.6 is 23.5 Å². The molecule has 0 spiro atoms. The molecule has 1 amide bonds. The van der Waals surface area contributed by atoms with E-state index in [-0.39, 0.29) is 12.3 Å². The number of carbonyl (C=O) groups is 1. The largest absolute Gasteiger partial charge is 0.438 e. The second-order valence-corrected chi connectivity index (χ2v) is 9.43. The van der Waals surface area contributed by atoms with Crippen LogP contribution in [0.3, 0.4) is 0 Å². The zero-order chi connectivity index (χ0) is 24.8. The third kappa shape index (κ3) is 6.53. The number of rotatable bonds is 8. The molecule has 0 atom stereocenters. The number of nitrogens with zero attached hydrogens (tertiary/aromatic N) is 3. The van der Waals surface area contributed by atoms with E-state index in [0.717, 1.165) is 26.8 Å². The van der Waals surface area contributed by atoms with Gasteiger partial charge in [0, 0.05) is 58.6 Å². The molecule has 0 aliphatic rings. The molecule has 1 heterocycles. The summed E-state index contributed by atoms with van der Waals surface area (Å²) in [6.07, 6.45) is 3.60. The predicted molar refractivity (Wildman–Crippen MR) is 145 cm³/mol. The number of benzene rings is 3. The average Bonchev–Trinajstić information content (AvgIpc) is 2.82. The van der Waals surface area contributed by atoms with E-state index >= 15 is 0 Å². The Kier molecular flexibility index (Phi) is 7.90. The number of carbonyl (C=O) groups excluding carboxylic acids is 1. The number of nitrogens with one attached hydrogen (secondary N) is 1. The number of fused-ring (bicyclic) bond motifs is 1. The van der Waals surface area contributed by atoms with Gasteiger partial charge < -0.3 is 15.0 Å². The number of ether oxygens (including phenoxy) is 1. The molecule has 178 valence electrons. The van der Waals surface area contributed by atoms with Crippen molar-refractivity contribution in [3.8, 4) is 11.6 Å². The highest BCUT2D eigenvalue weighted by Gasteiger charge is 2.14. The molecule has 0 aliphatic carbocycles. The topological polar surface area (TPSA) is 66.8 Å². The van der Waals surface area contributed by atoms with Gasteiger partial charge in [-0.2, -0.15) is 0 Å². The second-order valence-electron chi connectivity index (χ2n) is 8.19. The zero-order valence-corrected chi connectivity index (χ0v) is 21.2. The van der Waals surface area contributed by atoms with Crippen LogP contribution in [0, 0.1) is 6.92 Å². The maximum Gasteiger partial charge on any atom is 0.228 e. The summed E-state index contributed by atoms with van der Waals surface area (Å²) in [7, 11) is 3.82. The van der Waals surface area contributed by atoms with Crippen LogP contribution in [-0.2, 0) is 11.2 Å². The summed E-state index contributed by atoms with van der Waals surface area (Å²) in [6, 6.07) is 20.8. The van der Waals surface area contributed by atoms with Gasteiger partial charge >= 0.3 is 0 Å². The van der Waals surface area contributed by atoms with Crippen LogP contribution in [0.15, 0.2) is 82.2 Å². The van der Waals surface area contributed by atoms with Crippen molar-refractivity contribution in [2.75, 3.05) is 19.4 Å². The van der Waals surface area contributed by atoms with Crippen molar-refractivity contribution in [2.24, 2.45) is 4.40 Å². The number of halogens is 1. The number of amides is 1. The van der Waals surface area contributed by atoms with E-state index in [9.17, 15) is 4.79 Å². The smallest absolute Gasteiger partial charge is 0.228 e. The highest BCUT2D eigenvalue weighted by Crippen LogP contribution is 2.37. The highest BCUT2D eigenvalue weighted by molar-refractivity contribution is 7.98. The molecular formula is C27H25ClN4O2S. The molecule has 0 bridgehead atoms. The third-order valence-corrected chi connectivity index (χ3v) is 6.17. The van der Waals surface area contributed by atoms with Crippen LogP contribution < -0.4 is 10.1 Å². The van der Waals surface area contributed by atoms with Crippen LogP contribution in [0.2, 0.25) is 5.02 Å². The third-order valence-electron chi connectivity index (χ3n) is 5.06. The van der Waals surface area contributed by atoms with Crippen LogP contribution in [0.25, 0.3) is 10.8 Å². The molecule has 0 saturated heterocycles. The van der Waals surface area contributed by atoms with Gasteiger partial charge in [0.25, 0.3) is 0 Å². The molecule has 0 radical (unpaired) electrons. The summed E-state index contributed by atoms with van der Waals surface area (Å²) >= 11 is 7.55. The lowest BCUT2D eigenvalue weighted by atomic mass is 10.1. The van der Waals surface area contributed by atoms with E-state index in [0.29, 0.717) is 22.3 Å². The molecule has 3 aromatic carbocycles. The summed E-state index contributed by atoms with van der Waals surface area (Å²) in [4.78, 5) is 20.0. The Balaban J connectivity index is 1.69. The lowest BCUT2D eigenvalue weighted by Gasteiger charge is -2.13. The van der Waals surface area contributed by atoms with Crippen molar-refractivity contribution >= 4 is 52.3 Å². The highest BCUT2D eigenvalue weighted by atomic mass is 35.5. The second kappa shape index (κ2) is 11.3. The number of anilines is 1. The van der Waals surface area contributed by atoms with Gasteiger partial charge in [-0.25, -0.2) is 9.38 Å². The first-order valence-corrected chi connectivity index (χ1v) is 12.1. The van der Waals surface area contributed by atoms with Gasteiger partial charge in [0.1, 0.15) is 5.75 Å². The van der Waals surface area contributed by atoms with Crippen molar-refractivity contribution in [1.29, 1.82) is 0 Å². The lowest BCUT2D eigenvalue weighted by Crippen LogP contribution is -2.14. The molecule has 6 nitrogen and oxygen atoms in total. The summed E-state index contributed by atoms with van der Waals surface area (Å²) < 4.78 is 10.6. The van der Waals surface area contributed by atoms with E-state index in [2.05, 4.69) is 14.7 Å². The summed E-state index contributed by atoms with van der Waals surface area (Å²) in [5, 5.41) is 5.25. The molecular weight excluding hydrogens is 480 g/mol. The minimum absolute atomic E-state index is 0.165. The standard InChI is InChI=1S/C27H25ClN4O2S/c1-18-8-10-21(11-9-18)34-27-23-15-20(31-26(33)14-19-6-4-5-7-24(19)28)16-25(22(23)12-13-29-27)35-30-17-32(2)3/h4-13,15-17H,14H2,1-3H3,(H,31,33). The number of hydrogen-bond donors (Lipinski definition) is 1. The van der Waals surface area contributed by atoms with Crippen molar-refractivity contribution in [3.05, 3.63) is 89.1 Å². The molecule has 1 aromatic heterocycles. The van der Waals surface area contributed by atoms with Gasteiger partial charge in [0.2, 0.25) is 11.8 Å². The minimum Gasteiger partial charge on any atom is -0.438 e. The molecule has 1 N–H and O–H groups in total. The van der Waals surface area contributed by atoms with E-state index in [1.807, 2.05) is 86.6 Å². The van der Waals surface area contributed by atoms with Crippen molar-refractivity contribution in [3.63, 3.8) is 0 Å². The number of aryl methyl sites for hydroxylation is 1. The molecule has 0 saturated carbocycles. The average molecular weight is 505 g/mol. The maximum absolute atomic E-state index is 12.8. The van der Waals surface area contributed by atoms with Gasteiger partial charge in [-0.1, -0.05) is 47.5 Å². The van der Waals surface area contributed by atoms with Crippen LogP contribution in [0.1, 0.15) is 11.1 Å². The molecule has 4 aromatic rings. The van der Waals surface area contributed by atoms with Gasteiger partial charge in [0.05, 0.1) is 12.8 Å². The molecule has 8 heteroatoms. The van der Waals surface area contributed by atoms with E-state index in [4.69, 9.17) is 16.3 Å². The first-order valence-electron chi connectivity index (χ1n) is 11.0. The minimum atomic E-state index is -0.171. The predicted octanol–water partition coefficient (Wildman–Crippen LogP) is 6.77. The van der Waals surface area contributed by atoms with Gasteiger partial charge in [-0.05, 0) is 48.9 Å². The van der Waals surface area contributed by atoms with E-state index in [1.54, 1.807) is 18.6 Å². The fourth-order valence-electron chi connectivity index (χ4n) is 3.37. The quantitative estimate of drug-likeness (QED) is 0.163. The number of pyridine rings is 1. The number of hydrogen-bond acceptors (Lipinski definition) is 5. The monoisotopic (exact) mass is 504 g/mol. The van der Waals surface area contributed by atoms with Gasteiger partial charge in [-0.15, -0.1) is 0 Å². The lowest BCUT2D eigenvalue weighted by molar-refractivity contribution is -0.115. The molecule has 0 fully saturated rings. The Morgan fingerprint density at radius 2 is 1.89 bits per heavy atom. The fraction of sp³-hybridized carbons (Fsp3) is 0.148. The molecule has 0 aliphatic heterocycles. The van der Waals surface area contributed by atoms with Crippen molar-refractivity contribution < 1.29 is 9.53 Å². The fourth-order valence-corrected chi connectivity index (χ4v) is 4.37. The molecule has 4 rings (SSSR count).